The van der Waals surface area contributed by atoms with Crippen LogP contribution in [0.15, 0.2) is 24.3 Å². The Bertz CT molecular complexity index is 487. The molecule has 1 aromatic heterocycles. The molecule has 0 saturated carbocycles. The Balaban J connectivity index is 2.49. The number of nitrogens with zero attached hydrogens (tertiary/aromatic N) is 2. The van der Waals surface area contributed by atoms with Crippen LogP contribution < -0.4 is 5.73 Å². The van der Waals surface area contributed by atoms with E-state index in [-0.39, 0.29) is 6.04 Å². The molecule has 86 valence electrons. The van der Waals surface area contributed by atoms with Crippen molar-refractivity contribution in [1.29, 1.82) is 0 Å². The van der Waals surface area contributed by atoms with E-state index in [0.29, 0.717) is 5.92 Å². The minimum Gasteiger partial charge on any atom is -0.330 e. The molecule has 0 fully saturated rings. The van der Waals surface area contributed by atoms with Gasteiger partial charge in [0.1, 0.15) is 5.82 Å². The quantitative estimate of drug-likeness (QED) is 0.858. The molecule has 0 spiro atoms. The largest absolute Gasteiger partial charge is 0.330 e. The van der Waals surface area contributed by atoms with Gasteiger partial charge in [-0.15, -0.1) is 0 Å². The molecule has 0 radical (unpaired) electrons. The van der Waals surface area contributed by atoms with Gasteiger partial charge in [-0.2, -0.15) is 0 Å². The van der Waals surface area contributed by atoms with Crippen LogP contribution in [0.4, 0.5) is 0 Å². The SMILES string of the molecule is CC[C@H](C)[C@H](N)c1nc2ccccc2n1C. The molecule has 0 bridgehead atoms. The zero-order valence-corrected chi connectivity index (χ0v) is 10.1. The molecule has 2 N–H and O–H groups in total. The third-order valence-corrected chi connectivity index (χ3v) is 3.38. The van der Waals surface area contributed by atoms with E-state index in [0.717, 1.165) is 23.3 Å². The highest BCUT2D eigenvalue weighted by Crippen LogP contribution is 2.24. The number of benzene rings is 1. The first-order chi connectivity index (χ1) is 7.65. The fourth-order valence-corrected chi connectivity index (χ4v) is 1.97. The van der Waals surface area contributed by atoms with E-state index in [1.807, 2.05) is 25.2 Å². The molecule has 0 aliphatic carbocycles. The van der Waals surface area contributed by atoms with Gasteiger partial charge >= 0.3 is 0 Å². The molecule has 2 atom stereocenters. The Kier molecular flexibility index (Phi) is 2.97. The second-order valence-corrected chi connectivity index (χ2v) is 4.43. The number of rotatable bonds is 3. The van der Waals surface area contributed by atoms with E-state index >= 15 is 0 Å². The number of para-hydroxylation sites is 2. The van der Waals surface area contributed by atoms with Gasteiger partial charge in [0.2, 0.25) is 0 Å². The summed E-state index contributed by atoms with van der Waals surface area (Å²) in [5.41, 5.74) is 8.41. The predicted octanol–water partition coefficient (Wildman–Crippen LogP) is 2.62. The van der Waals surface area contributed by atoms with Crippen molar-refractivity contribution in [1.82, 2.24) is 9.55 Å². The Morgan fingerprint density at radius 3 is 2.69 bits per heavy atom. The third kappa shape index (κ3) is 1.71. The highest BCUT2D eigenvalue weighted by molar-refractivity contribution is 5.75. The van der Waals surface area contributed by atoms with Crippen LogP contribution in [-0.4, -0.2) is 9.55 Å². The Morgan fingerprint density at radius 2 is 2.06 bits per heavy atom. The molecular weight excluding hydrogens is 198 g/mol. The van der Waals surface area contributed by atoms with Gasteiger partial charge in [0.05, 0.1) is 17.1 Å². The summed E-state index contributed by atoms with van der Waals surface area (Å²) in [7, 11) is 2.03. The fraction of sp³-hybridized carbons (Fsp3) is 0.462. The molecule has 2 aromatic rings. The summed E-state index contributed by atoms with van der Waals surface area (Å²) in [6, 6.07) is 8.16. The van der Waals surface area contributed by atoms with Gasteiger partial charge in [-0.1, -0.05) is 32.4 Å². The van der Waals surface area contributed by atoms with E-state index in [1.165, 1.54) is 0 Å². The number of imidazole rings is 1. The maximum atomic E-state index is 6.23. The van der Waals surface area contributed by atoms with E-state index in [2.05, 4.69) is 29.5 Å². The van der Waals surface area contributed by atoms with Gasteiger partial charge < -0.3 is 10.3 Å². The van der Waals surface area contributed by atoms with Crippen molar-refractivity contribution < 1.29 is 0 Å². The van der Waals surface area contributed by atoms with Gasteiger partial charge in [-0.3, -0.25) is 0 Å². The van der Waals surface area contributed by atoms with Gasteiger partial charge in [-0.05, 0) is 18.1 Å². The van der Waals surface area contributed by atoms with Crippen molar-refractivity contribution >= 4 is 11.0 Å². The van der Waals surface area contributed by atoms with Crippen LogP contribution in [0, 0.1) is 5.92 Å². The highest BCUT2D eigenvalue weighted by Gasteiger charge is 2.19. The summed E-state index contributed by atoms with van der Waals surface area (Å²) < 4.78 is 2.10. The van der Waals surface area contributed by atoms with Crippen molar-refractivity contribution in [2.75, 3.05) is 0 Å². The lowest BCUT2D eigenvalue weighted by Gasteiger charge is -2.17. The normalized spacial score (nSPS) is 15.2. The summed E-state index contributed by atoms with van der Waals surface area (Å²) in [4.78, 5) is 4.62. The van der Waals surface area contributed by atoms with E-state index in [9.17, 15) is 0 Å². The lowest BCUT2D eigenvalue weighted by molar-refractivity contribution is 0.432. The molecule has 0 amide bonds. The number of aryl methyl sites for hydroxylation is 1. The highest BCUT2D eigenvalue weighted by atomic mass is 15.1. The van der Waals surface area contributed by atoms with Crippen LogP contribution in [0.5, 0.6) is 0 Å². The van der Waals surface area contributed by atoms with Crippen LogP contribution in [0.1, 0.15) is 32.1 Å². The molecule has 0 aliphatic rings. The molecule has 3 nitrogen and oxygen atoms in total. The molecule has 1 aromatic carbocycles. The zero-order chi connectivity index (χ0) is 11.7. The van der Waals surface area contributed by atoms with Gasteiger partial charge in [0.25, 0.3) is 0 Å². The van der Waals surface area contributed by atoms with Gasteiger partial charge in [0, 0.05) is 7.05 Å². The Hall–Kier alpha value is -1.35. The summed E-state index contributed by atoms with van der Waals surface area (Å²) >= 11 is 0. The molecule has 0 saturated heterocycles. The first kappa shape index (κ1) is 11.1. The molecular formula is C13H19N3. The molecule has 1 heterocycles. The molecule has 0 unspecified atom stereocenters. The molecule has 16 heavy (non-hydrogen) atoms. The fourth-order valence-electron chi connectivity index (χ4n) is 1.97. The van der Waals surface area contributed by atoms with Crippen LogP contribution in [0.25, 0.3) is 11.0 Å². The van der Waals surface area contributed by atoms with Crippen molar-refractivity contribution in [2.45, 2.75) is 26.3 Å². The third-order valence-electron chi connectivity index (χ3n) is 3.38. The number of fused-ring (bicyclic) bond motifs is 1. The monoisotopic (exact) mass is 217 g/mol. The van der Waals surface area contributed by atoms with Crippen LogP contribution >= 0.6 is 0 Å². The van der Waals surface area contributed by atoms with Crippen molar-refractivity contribution in [2.24, 2.45) is 18.7 Å². The Morgan fingerprint density at radius 1 is 1.38 bits per heavy atom. The standard InChI is InChI=1S/C13H19N3/c1-4-9(2)12(14)13-15-10-7-5-6-8-11(10)16(13)3/h5-9,12H,4,14H2,1-3H3/t9-,12-/m0/s1. The summed E-state index contributed by atoms with van der Waals surface area (Å²) in [6.07, 6.45) is 1.07. The topological polar surface area (TPSA) is 43.8 Å². The summed E-state index contributed by atoms with van der Waals surface area (Å²) in [6.45, 7) is 4.33. The van der Waals surface area contributed by atoms with Gasteiger partial charge in [-0.25, -0.2) is 4.98 Å². The van der Waals surface area contributed by atoms with Crippen molar-refractivity contribution in [3.63, 3.8) is 0 Å². The first-order valence-electron chi connectivity index (χ1n) is 5.82. The first-order valence-corrected chi connectivity index (χ1v) is 5.82. The summed E-state index contributed by atoms with van der Waals surface area (Å²) in [5, 5.41) is 0. The number of hydrogen-bond donors (Lipinski definition) is 1. The second-order valence-electron chi connectivity index (χ2n) is 4.43. The zero-order valence-electron chi connectivity index (χ0n) is 10.1. The van der Waals surface area contributed by atoms with E-state index < -0.39 is 0 Å². The minimum absolute atomic E-state index is 0.0161. The predicted molar refractivity (Wildman–Crippen MR) is 67.1 cm³/mol. The molecule has 0 aliphatic heterocycles. The van der Waals surface area contributed by atoms with E-state index in [4.69, 9.17) is 5.73 Å². The molecule has 3 heteroatoms. The molecule has 2 rings (SSSR count). The smallest absolute Gasteiger partial charge is 0.126 e. The van der Waals surface area contributed by atoms with Gasteiger partial charge in [0.15, 0.2) is 0 Å². The number of aromatic nitrogens is 2. The van der Waals surface area contributed by atoms with Crippen LogP contribution in [-0.2, 0) is 7.05 Å². The maximum Gasteiger partial charge on any atom is 0.126 e. The summed E-state index contributed by atoms with van der Waals surface area (Å²) in [5.74, 6) is 1.44. The lowest BCUT2D eigenvalue weighted by Crippen LogP contribution is -2.22. The lowest BCUT2D eigenvalue weighted by atomic mass is 9.99. The number of nitrogens with two attached hydrogens (primary N) is 1. The van der Waals surface area contributed by atoms with Crippen molar-refractivity contribution in [3.05, 3.63) is 30.1 Å². The van der Waals surface area contributed by atoms with Crippen LogP contribution in [0.3, 0.4) is 0 Å². The Labute approximate surface area is 96.3 Å². The average Bonchev–Trinajstić information content (AvgIpc) is 2.65. The van der Waals surface area contributed by atoms with Crippen molar-refractivity contribution in [3.8, 4) is 0 Å². The average molecular weight is 217 g/mol. The second kappa shape index (κ2) is 4.26. The minimum atomic E-state index is 0.0161. The van der Waals surface area contributed by atoms with Crippen LogP contribution in [0.2, 0.25) is 0 Å². The maximum absolute atomic E-state index is 6.23. The number of hydrogen-bond acceptors (Lipinski definition) is 2. The van der Waals surface area contributed by atoms with E-state index in [1.54, 1.807) is 0 Å².